The summed E-state index contributed by atoms with van der Waals surface area (Å²) in [6, 6.07) is 9.18. The molecule has 0 aliphatic heterocycles. The van der Waals surface area contributed by atoms with E-state index in [0.29, 0.717) is 0 Å². The fourth-order valence-electron chi connectivity index (χ4n) is 3.27. The highest BCUT2D eigenvalue weighted by molar-refractivity contribution is 14.1. The summed E-state index contributed by atoms with van der Waals surface area (Å²) in [7, 11) is 0. The molecule has 0 aromatic heterocycles. The average Bonchev–Trinajstić information content (AvgIpc) is 2.36. The van der Waals surface area contributed by atoms with E-state index in [1.165, 1.54) is 12.8 Å². The van der Waals surface area contributed by atoms with E-state index in [0.717, 1.165) is 25.6 Å². The van der Waals surface area contributed by atoms with Crippen LogP contribution in [0.5, 0.6) is 0 Å². The highest BCUT2D eigenvalue weighted by Gasteiger charge is 2.36. The Kier molecular flexibility index (Phi) is 5.38. The number of benzene rings is 1. The first-order valence-corrected chi connectivity index (χ1v) is 9.42. The summed E-state index contributed by atoms with van der Waals surface area (Å²) < 4.78 is 1.56. The average molecular weight is 468 g/mol. The number of alkyl halides is 2. The van der Waals surface area contributed by atoms with Gasteiger partial charge in [0.05, 0.1) is 0 Å². The highest BCUT2D eigenvalue weighted by Crippen LogP contribution is 2.48. The van der Waals surface area contributed by atoms with Gasteiger partial charge >= 0.3 is 0 Å². The van der Waals surface area contributed by atoms with E-state index in [9.17, 15) is 0 Å². The summed E-state index contributed by atoms with van der Waals surface area (Å²) in [5.74, 6) is 2.23. The smallest absolute Gasteiger partial charge is 0.0187 e. The van der Waals surface area contributed by atoms with Crippen LogP contribution >= 0.6 is 45.2 Å². The molecule has 0 amide bonds. The van der Waals surface area contributed by atoms with Crippen LogP contribution in [0.15, 0.2) is 24.3 Å². The van der Waals surface area contributed by atoms with Crippen molar-refractivity contribution in [1.82, 2.24) is 0 Å². The van der Waals surface area contributed by atoms with Crippen LogP contribution in [0.3, 0.4) is 0 Å². The van der Waals surface area contributed by atoms with Gasteiger partial charge in [-0.05, 0) is 41.7 Å². The molecule has 0 heterocycles. The van der Waals surface area contributed by atoms with Gasteiger partial charge in [0.1, 0.15) is 0 Å². The minimum absolute atomic E-state index is 0.735. The second-order valence-corrected chi connectivity index (χ2v) is 8.88. The Labute approximate surface area is 139 Å². The van der Waals surface area contributed by atoms with Gasteiger partial charge in [-0.3, -0.25) is 0 Å². The van der Waals surface area contributed by atoms with E-state index < -0.39 is 0 Å². The van der Waals surface area contributed by atoms with Gasteiger partial charge < -0.3 is 0 Å². The highest BCUT2D eigenvalue weighted by atomic mass is 127. The first-order valence-electron chi connectivity index (χ1n) is 6.93. The van der Waals surface area contributed by atoms with Crippen LogP contribution in [-0.2, 0) is 0 Å². The van der Waals surface area contributed by atoms with Gasteiger partial charge in [0, 0.05) is 7.85 Å². The predicted octanol–water partition coefficient (Wildman–Crippen LogP) is 5.93. The Morgan fingerprint density at radius 2 is 1.83 bits per heavy atom. The zero-order chi connectivity index (χ0) is 13.3. The van der Waals surface area contributed by atoms with Crippen LogP contribution in [0.2, 0.25) is 0 Å². The fraction of sp³-hybridized carbons (Fsp3) is 0.625. The minimum Gasteiger partial charge on any atom is -0.0820 e. The van der Waals surface area contributed by atoms with Crippen LogP contribution in [0.4, 0.5) is 0 Å². The first-order chi connectivity index (χ1) is 8.56. The van der Waals surface area contributed by atoms with Crippen molar-refractivity contribution in [3.05, 3.63) is 35.4 Å². The summed E-state index contributed by atoms with van der Waals surface area (Å²) in [5.41, 5.74) is 3.25. The number of hydrogen-bond acceptors (Lipinski definition) is 0. The van der Waals surface area contributed by atoms with Crippen molar-refractivity contribution in [1.29, 1.82) is 0 Å². The van der Waals surface area contributed by atoms with Crippen molar-refractivity contribution < 1.29 is 0 Å². The van der Waals surface area contributed by atoms with Crippen LogP contribution in [-0.4, -0.2) is 7.85 Å². The molecule has 0 saturated heterocycles. The summed E-state index contributed by atoms with van der Waals surface area (Å²) in [6.45, 7) is 7.06. The molecule has 0 bridgehead atoms. The second kappa shape index (κ2) is 6.42. The molecule has 0 saturated carbocycles. The van der Waals surface area contributed by atoms with Gasteiger partial charge in [-0.1, -0.05) is 90.2 Å². The lowest BCUT2D eigenvalue weighted by Crippen LogP contribution is -2.30. The molecule has 0 nitrogen and oxygen atoms in total. The molecule has 1 aromatic carbocycles. The molecule has 1 aliphatic rings. The molecular formula is C16H22I2. The maximum absolute atomic E-state index is 2.69. The van der Waals surface area contributed by atoms with E-state index in [1.54, 1.807) is 11.1 Å². The quantitative estimate of drug-likeness (QED) is 0.381. The molecule has 100 valence electrons. The Morgan fingerprint density at radius 1 is 1.22 bits per heavy atom. The van der Waals surface area contributed by atoms with Gasteiger partial charge in [-0.2, -0.15) is 0 Å². The Bertz CT molecular complexity index is 400. The lowest BCUT2D eigenvalue weighted by molar-refractivity contribution is 0.419. The largest absolute Gasteiger partial charge is 0.0820 e. The van der Waals surface area contributed by atoms with Gasteiger partial charge in [-0.15, -0.1) is 0 Å². The molecule has 1 aliphatic carbocycles. The van der Waals surface area contributed by atoms with Crippen LogP contribution in [0.1, 0.15) is 56.6 Å². The third kappa shape index (κ3) is 2.89. The Morgan fingerprint density at radius 3 is 2.39 bits per heavy atom. The molecular weight excluding hydrogens is 446 g/mol. The number of hydrogen-bond donors (Lipinski definition) is 0. The molecule has 18 heavy (non-hydrogen) atoms. The maximum Gasteiger partial charge on any atom is 0.0187 e. The second-order valence-electron chi connectivity index (χ2n) is 5.68. The number of fused-ring (bicyclic) bond motifs is 1. The SMILES string of the molecule is CCC(I)C1CC(I)C(C(C)C)c2ccccc21. The fourth-order valence-corrected chi connectivity index (χ4v) is 5.71. The van der Waals surface area contributed by atoms with Crippen molar-refractivity contribution in [2.75, 3.05) is 0 Å². The van der Waals surface area contributed by atoms with Crippen LogP contribution in [0, 0.1) is 5.92 Å². The molecule has 0 N–H and O–H groups in total. The predicted molar refractivity (Wildman–Crippen MR) is 97.3 cm³/mol. The van der Waals surface area contributed by atoms with Crippen molar-refractivity contribution in [2.45, 2.75) is 53.3 Å². The van der Waals surface area contributed by atoms with E-state index in [4.69, 9.17) is 0 Å². The molecule has 0 radical (unpaired) electrons. The van der Waals surface area contributed by atoms with Crippen LogP contribution < -0.4 is 0 Å². The normalized spacial score (nSPS) is 29.1. The summed E-state index contributed by atoms with van der Waals surface area (Å²) in [6.07, 6.45) is 2.62. The van der Waals surface area contributed by atoms with E-state index in [1.807, 2.05) is 0 Å². The van der Waals surface area contributed by atoms with Crippen molar-refractivity contribution in [3.63, 3.8) is 0 Å². The lowest BCUT2D eigenvalue weighted by Gasteiger charge is -2.39. The molecule has 0 fully saturated rings. The number of halogens is 2. The minimum atomic E-state index is 0.735. The Balaban J connectivity index is 2.44. The lowest BCUT2D eigenvalue weighted by atomic mass is 9.71. The summed E-state index contributed by atoms with van der Waals surface area (Å²) >= 11 is 5.35. The molecule has 4 atom stereocenters. The van der Waals surface area contributed by atoms with Crippen molar-refractivity contribution in [3.8, 4) is 0 Å². The molecule has 4 unspecified atom stereocenters. The Hall–Kier alpha value is 0.680. The first kappa shape index (κ1) is 15.1. The van der Waals surface area contributed by atoms with E-state index in [-0.39, 0.29) is 0 Å². The van der Waals surface area contributed by atoms with Gasteiger partial charge in [0.25, 0.3) is 0 Å². The third-order valence-electron chi connectivity index (χ3n) is 4.17. The molecule has 2 rings (SSSR count). The van der Waals surface area contributed by atoms with Gasteiger partial charge in [0.15, 0.2) is 0 Å². The van der Waals surface area contributed by atoms with Crippen molar-refractivity contribution >= 4 is 45.2 Å². The summed E-state index contributed by atoms with van der Waals surface area (Å²) in [4.78, 5) is 0. The number of rotatable bonds is 3. The standard InChI is InChI=1S/C16H22I2/c1-4-14(17)13-9-15(18)16(10(2)3)12-8-6-5-7-11(12)13/h5-8,10,13-16H,4,9H2,1-3H3. The summed E-state index contributed by atoms with van der Waals surface area (Å²) in [5, 5.41) is 0. The van der Waals surface area contributed by atoms with Gasteiger partial charge in [-0.25, -0.2) is 0 Å². The maximum atomic E-state index is 2.69. The van der Waals surface area contributed by atoms with E-state index >= 15 is 0 Å². The molecule has 0 spiro atoms. The van der Waals surface area contributed by atoms with Crippen LogP contribution in [0.25, 0.3) is 0 Å². The van der Waals surface area contributed by atoms with E-state index in [2.05, 4.69) is 90.2 Å². The van der Waals surface area contributed by atoms with Gasteiger partial charge in [0.2, 0.25) is 0 Å². The topological polar surface area (TPSA) is 0 Å². The zero-order valence-electron chi connectivity index (χ0n) is 11.4. The zero-order valence-corrected chi connectivity index (χ0v) is 15.7. The molecule has 1 aromatic rings. The molecule has 2 heteroatoms. The monoisotopic (exact) mass is 468 g/mol. The third-order valence-corrected chi connectivity index (χ3v) is 7.20. The van der Waals surface area contributed by atoms with Crippen molar-refractivity contribution in [2.24, 2.45) is 5.92 Å².